The van der Waals surface area contributed by atoms with Crippen molar-refractivity contribution in [1.82, 2.24) is 4.90 Å². The van der Waals surface area contributed by atoms with Crippen molar-refractivity contribution in [2.45, 2.75) is 200 Å². The molecular weight excluding hydrogens is 562 g/mol. The van der Waals surface area contributed by atoms with Crippen LogP contribution in [0, 0.1) is 5.92 Å². The Kier molecular flexibility index (Phi) is 40.0. The number of methoxy groups -OCH3 is 1. The summed E-state index contributed by atoms with van der Waals surface area (Å²) in [5, 5.41) is 0. The second-order valence-electron chi connectivity index (χ2n) is 14.4. The van der Waals surface area contributed by atoms with Gasteiger partial charge in [0, 0.05) is 26.9 Å². The van der Waals surface area contributed by atoms with E-state index < -0.39 is 0 Å². The molecule has 0 aromatic carbocycles. The molecule has 0 N–H and O–H groups in total. The molecule has 1 heterocycles. The fraction of sp³-hybridized carbons (Fsp3) is 0.907. The molecule has 1 aliphatic rings. The minimum absolute atomic E-state index is 0.786. The van der Waals surface area contributed by atoms with Crippen LogP contribution >= 0.6 is 0 Å². The van der Waals surface area contributed by atoms with Crippen LogP contribution in [0.1, 0.15) is 200 Å². The third-order valence-corrected chi connectivity index (χ3v) is 9.50. The molecule has 0 bridgehead atoms. The van der Waals surface area contributed by atoms with Crippen molar-refractivity contribution < 1.29 is 9.47 Å². The Labute approximate surface area is 291 Å². The number of likely N-dealkylation sites (tertiary alicyclic amines) is 1. The van der Waals surface area contributed by atoms with Gasteiger partial charge >= 0.3 is 0 Å². The first-order valence-electron chi connectivity index (χ1n) is 20.8. The van der Waals surface area contributed by atoms with E-state index in [-0.39, 0.29) is 0 Å². The van der Waals surface area contributed by atoms with Gasteiger partial charge in [0.2, 0.25) is 0 Å². The molecule has 1 fully saturated rings. The second kappa shape index (κ2) is 40.5. The number of rotatable bonds is 34. The molecule has 1 saturated heterocycles. The van der Waals surface area contributed by atoms with Crippen molar-refractivity contribution >= 4 is 0 Å². The van der Waals surface area contributed by atoms with Crippen molar-refractivity contribution in [3.8, 4) is 0 Å². The van der Waals surface area contributed by atoms with Gasteiger partial charge in [-0.15, -0.1) is 0 Å². The Bertz CT molecular complexity index is 604. The fourth-order valence-corrected chi connectivity index (χ4v) is 6.36. The Hall–Kier alpha value is -0.640. The van der Waals surface area contributed by atoms with Crippen molar-refractivity contribution in [2.75, 3.05) is 47.1 Å². The highest BCUT2D eigenvalue weighted by molar-refractivity contribution is 4.82. The van der Waals surface area contributed by atoms with E-state index >= 15 is 0 Å². The summed E-state index contributed by atoms with van der Waals surface area (Å²) in [5.41, 5.74) is 0. The number of hydrogen-bond donors (Lipinski definition) is 0. The van der Waals surface area contributed by atoms with Crippen LogP contribution < -0.4 is 0 Å². The van der Waals surface area contributed by atoms with E-state index in [1.54, 1.807) is 7.11 Å². The quantitative estimate of drug-likeness (QED) is 0.0512. The van der Waals surface area contributed by atoms with Crippen LogP contribution in [0.25, 0.3) is 0 Å². The molecule has 0 aromatic heterocycles. The third-order valence-electron chi connectivity index (χ3n) is 9.50. The van der Waals surface area contributed by atoms with Crippen LogP contribution in [-0.4, -0.2) is 52.0 Å². The van der Waals surface area contributed by atoms with Crippen LogP contribution in [0.4, 0.5) is 0 Å². The van der Waals surface area contributed by atoms with Gasteiger partial charge in [-0.2, -0.15) is 0 Å². The maximum atomic E-state index is 5.85. The largest absolute Gasteiger partial charge is 0.385 e. The maximum absolute atomic E-state index is 5.85. The van der Waals surface area contributed by atoms with E-state index in [4.69, 9.17) is 9.47 Å². The van der Waals surface area contributed by atoms with Crippen LogP contribution in [-0.2, 0) is 9.47 Å². The van der Waals surface area contributed by atoms with Crippen molar-refractivity contribution in [1.29, 1.82) is 0 Å². The van der Waals surface area contributed by atoms with Crippen LogP contribution in [0.2, 0.25) is 0 Å². The summed E-state index contributed by atoms with van der Waals surface area (Å²) in [6, 6.07) is 0. The number of unbranched alkanes of at least 4 members (excludes halogenated alkanes) is 24. The summed E-state index contributed by atoms with van der Waals surface area (Å²) in [4.78, 5) is 2.41. The van der Waals surface area contributed by atoms with E-state index in [2.05, 4.69) is 50.1 Å². The average Bonchev–Trinajstić information content (AvgIpc) is 3.49. The summed E-state index contributed by atoms with van der Waals surface area (Å²) in [7, 11) is 4.00. The Balaban J connectivity index is 0.000000914. The molecule has 1 aliphatic heterocycles. The van der Waals surface area contributed by atoms with E-state index in [9.17, 15) is 0 Å². The van der Waals surface area contributed by atoms with Gasteiger partial charge in [0.25, 0.3) is 0 Å². The lowest BCUT2D eigenvalue weighted by Crippen LogP contribution is -2.17. The topological polar surface area (TPSA) is 21.7 Å². The summed E-state index contributed by atoms with van der Waals surface area (Å²) < 4.78 is 10.9. The van der Waals surface area contributed by atoms with Crippen molar-refractivity contribution in [2.24, 2.45) is 5.92 Å². The van der Waals surface area contributed by atoms with Crippen molar-refractivity contribution in [3.05, 3.63) is 24.3 Å². The minimum atomic E-state index is 0.786. The number of ether oxygens (including phenoxy) is 2. The molecule has 274 valence electrons. The average molecular weight is 648 g/mol. The zero-order valence-corrected chi connectivity index (χ0v) is 32.2. The van der Waals surface area contributed by atoms with Crippen molar-refractivity contribution in [3.63, 3.8) is 0 Å². The molecule has 3 heteroatoms. The molecule has 3 nitrogen and oxygen atoms in total. The van der Waals surface area contributed by atoms with Crippen LogP contribution in [0.5, 0.6) is 0 Å². The lowest BCUT2D eigenvalue weighted by molar-refractivity contribution is 0.0986. The molecule has 46 heavy (non-hydrogen) atoms. The number of allylic oxidation sites excluding steroid dienone is 4. The standard InChI is InChI=1S/C24H47NO.C19H38O/c1-3-4-5-6-7-8-9-10-11-12-13-14-15-16-17-18-21-26-23-24-19-20-25(2)22-24;1-3-4-5-6-7-8-9-10-11-12-13-14-15-16-17-18-19-20-2/h10-11,24H,3-9,12-23H2,1-2H3;10-11H,3-9,12-19H2,1-2H3/b2*11-10-. The number of nitrogens with zero attached hydrogens (tertiary/aromatic N) is 1. The molecule has 0 radical (unpaired) electrons. The molecule has 0 amide bonds. The Morgan fingerprint density at radius 3 is 1.24 bits per heavy atom. The van der Waals surface area contributed by atoms with Gasteiger partial charge in [-0.3, -0.25) is 0 Å². The molecule has 0 spiro atoms. The predicted octanol–water partition coefficient (Wildman–Crippen LogP) is 13.7. The van der Waals surface area contributed by atoms with E-state index in [1.807, 2.05) is 0 Å². The third kappa shape index (κ3) is 37.8. The molecule has 1 unspecified atom stereocenters. The summed E-state index contributed by atoms with van der Waals surface area (Å²) >= 11 is 0. The Morgan fingerprint density at radius 1 is 0.500 bits per heavy atom. The van der Waals surface area contributed by atoms with E-state index in [1.165, 1.54) is 199 Å². The van der Waals surface area contributed by atoms with Crippen LogP contribution in [0.15, 0.2) is 24.3 Å². The van der Waals surface area contributed by atoms with Gasteiger partial charge < -0.3 is 14.4 Å². The highest BCUT2D eigenvalue weighted by Crippen LogP contribution is 2.15. The van der Waals surface area contributed by atoms with Gasteiger partial charge in [-0.05, 0) is 90.1 Å². The van der Waals surface area contributed by atoms with E-state index in [0.29, 0.717) is 0 Å². The highest BCUT2D eigenvalue weighted by atomic mass is 16.5. The summed E-state index contributed by atoms with van der Waals surface area (Å²) in [6.07, 6.45) is 49.3. The maximum Gasteiger partial charge on any atom is 0.0506 e. The SMILES string of the molecule is CCCCCCCC/C=C\CCCCCCCCOC.CCCCCCCC/C=C\CCCCCCCCOCC1CCN(C)C1. The zero-order chi connectivity index (χ0) is 33.4. The fourth-order valence-electron chi connectivity index (χ4n) is 6.36. The lowest BCUT2D eigenvalue weighted by Gasteiger charge is -2.10. The minimum Gasteiger partial charge on any atom is -0.385 e. The number of hydrogen-bond acceptors (Lipinski definition) is 3. The normalized spacial score (nSPS) is 15.3. The second-order valence-corrected chi connectivity index (χ2v) is 14.4. The monoisotopic (exact) mass is 648 g/mol. The van der Waals surface area contributed by atoms with Gasteiger partial charge in [0.15, 0.2) is 0 Å². The lowest BCUT2D eigenvalue weighted by atomic mass is 10.1. The predicted molar refractivity (Wildman–Crippen MR) is 207 cm³/mol. The molecule has 1 atom stereocenters. The molecular formula is C43H85NO2. The van der Waals surface area contributed by atoms with Gasteiger partial charge in [0.1, 0.15) is 0 Å². The summed E-state index contributed by atoms with van der Waals surface area (Å²) in [5.74, 6) is 0.786. The highest BCUT2D eigenvalue weighted by Gasteiger charge is 2.18. The first kappa shape index (κ1) is 45.4. The molecule has 0 aromatic rings. The summed E-state index contributed by atoms with van der Waals surface area (Å²) in [6.45, 7) is 9.93. The van der Waals surface area contributed by atoms with Gasteiger partial charge in [0.05, 0.1) is 6.61 Å². The zero-order valence-electron chi connectivity index (χ0n) is 32.2. The van der Waals surface area contributed by atoms with Gasteiger partial charge in [-0.1, -0.05) is 154 Å². The molecule has 0 aliphatic carbocycles. The molecule has 1 rings (SSSR count). The first-order valence-corrected chi connectivity index (χ1v) is 20.8. The van der Waals surface area contributed by atoms with Crippen LogP contribution in [0.3, 0.4) is 0 Å². The van der Waals surface area contributed by atoms with E-state index in [0.717, 1.165) is 25.7 Å². The Morgan fingerprint density at radius 2 is 0.870 bits per heavy atom. The van der Waals surface area contributed by atoms with Gasteiger partial charge in [-0.25, -0.2) is 0 Å². The smallest absolute Gasteiger partial charge is 0.0506 e. The molecule has 0 saturated carbocycles. The first-order chi connectivity index (χ1) is 22.7.